The summed E-state index contributed by atoms with van der Waals surface area (Å²) in [5, 5.41) is 14.1. The molecule has 0 saturated carbocycles. The maximum atomic E-state index is 12.3. The van der Waals surface area contributed by atoms with Crippen molar-refractivity contribution in [1.29, 1.82) is 5.26 Å². The quantitative estimate of drug-likeness (QED) is 0.456. The van der Waals surface area contributed by atoms with Crippen LogP contribution in [0.3, 0.4) is 0 Å². The maximum Gasteiger partial charge on any atom is 0.230 e. The summed E-state index contributed by atoms with van der Waals surface area (Å²) in [6, 6.07) is 8.94. The van der Waals surface area contributed by atoms with E-state index in [4.69, 9.17) is 21.6 Å². The molecule has 2 N–H and O–H groups in total. The molecule has 0 fully saturated rings. The molecule has 0 aromatic carbocycles. The SMILES string of the molecule is COc1cc(NC(=O)Cc2ccc(-c3ccc(CNC#N)nc3)nc2)ncc1Cl. The summed E-state index contributed by atoms with van der Waals surface area (Å²) < 4.78 is 5.11. The summed E-state index contributed by atoms with van der Waals surface area (Å²) in [6.45, 7) is 0.382. The second-order valence-corrected chi connectivity index (χ2v) is 6.39. The van der Waals surface area contributed by atoms with E-state index in [1.807, 2.05) is 30.5 Å². The summed E-state index contributed by atoms with van der Waals surface area (Å²) in [6.07, 6.45) is 6.77. The molecule has 29 heavy (non-hydrogen) atoms. The molecule has 3 aromatic rings. The number of nitriles is 1. The van der Waals surface area contributed by atoms with Crippen molar-refractivity contribution in [2.75, 3.05) is 12.4 Å². The minimum absolute atomic E-state index is 0.150. The van der Waals surface area contributed by atoms with Crippen LogP contribution in [0, 0.1) is 11.5 Å². The third-order valence-electron chi connectivity index (χ3n) is 3.97. The van der Waals surface area contributed by atoms with Crippen LogP contribution in [0.15, 0.2) is 48.9 Å². The molecule has 0 saturated heterocycles. The number of nitrogens with zero attached hydrogens (tertiary/aromatic N) is 4. The van der Waals surface area contributed by atoms with Gasteiger partial charge in [0.1, 0.15) is 16.6 Å². The highest BCUT2D eigenvalue weighted by Crippen LogP contribution is 2.25. The molecule has 0 aliphatic rings. The van der Waals surface area contributed by atoms with Crippen LogP contribution in [0.2, 0.25) is 5.02 Å². The lowest BCUT2D eigenvalue weighted by atomic mass is 10.1. The second-order valence-electron chi connectivity index (χ2n) is 5.98. The van der Waals surface area contributed by atoms with E-state index in [2.05, 4.69) is 25.6 Å². The van der Waals surface area contributed by atoms with Crippen molar-refractivity contribution in [2.45, 2.75) is 13.0 Å². The van der Waals surface area contributed by atoms with Gasteiger partial charge >= 0.3 is 0 Å². The highest BCUT2D eigenvalue weighted by molar-refractivity contribution is 6.32. The zero-order chi connectivity index (χ0) is 20.6. The first-order valence-corrected chi connectivity index (χ1v) is 8.98. The Kier molecular flexibility index (Phi) is 6.55. The molecule has 0 atom stereocenters. The molecular formula is C20H17ClN6O2. The number of aromatic nitrogens is 3. The van der Waals surface area contributed by atoms with Crippen LogP contribution in [0.5, 0.6) is 5.75 Å². The van der Waals surface area contributed by atoms with Crippen LogP contribution in [0.4, 0.5) is 5.82 Å². The Bertz CT molecular complexity index is 1030. The lowest BCUT2D eigenvalue weighted by Crippen LogP contribution is -2.15. The van der Waals surface area contributed by atoms with Crippen molar-refractivity contribution >= 4 is 23.3 Å². The van der Waals surface area contributed by atoms with E-state index in [1.165, 1.54) is 13.3 Å². The first kappa shape index (κ1) is 20.0. The number of halogens is 1. The smallest absolute Gasteiger partial charge is 0.230 e. The number of rotatable bonds is 7. The predicted molar refractivity (Wildman–Crippen MR) is 108 cm³/mol. The fourth-order valence-corrected chi connectivity index (χ4v) is 2.71. The molecule has 9 heteroatoms. The number of carbonyl (C=O) groups is 1. The number of anilines is 1. The Labute approximate surface area is 172 Å². The summed E-state index contributed by atoms with van der Waals surface area (Å²) in [7, 11) is 1.49. The molecule has 0 radical (unpaired) electrons. The van der Waals surface area contributed by atoms with Gasteiger partial charge in [-0.3, -0.25) is 14.8 Å². The van der Waals surface area contributed by atoms with Crippen molar-refractivity contribution in [3.8, 4) is 23.2 Å². The van der Waals surface area contributed by atoms with Crippen LogP contribution in [-0.2, 0) is 17.8 Å². The average Bonchev–Trinajstić information content (AvgIpc) is 2.74. The third-order valence-corrected chi connectivity index (χ3v) is 4.25. The number of amides is 1. The van der Waals surface area contributed by atoms with Gasteiger partial charge < -0.3 is 15.4 Å². The average molecular weight is 409 g/mol. The molecule has 0 unspecified atom stereocenters. The number of hydrogen-bond acceptors (Lipinski definition) is 7. The number of carbonyl (C=O) groups excluding carboxylic acids is 1. The Morgan fingerprint density at radius 1 is 1.17 bits per heavy atom. The summed E-state index contributed by atoms with van der Waals surface area (Å²) >= 11 is 5.93. The van der Waals surface area contributed by atoms with Crippen LogP contribution < -0.4 is 15.4 Å². The van der Waals surface area contributed by atoms with Crippen LogP contribution in [0.25, 0.3) is 11.3 Å². The Balaban J connectivity index is 1.61. The van der Waals surface area contributed by atoms with Crippen molar-refractivity contribution < 1.29 is 9.53 Å². The van der Waals surface area contributed by atoms with E-state index in [-0.39, 0.29) is 12.3 Å². The molecule has 0 aliphatic carbocycles. The third kappa shape index (κ3) is 5.40. The van der Waals surface area contributed by atoms with E-state index < -0.39 is 0 Å². The van der Waals surface area contributed by atoms with Gasteiger partial charge in [-0.25, -0.2) is 4.98 Å². The fraction of sp³-hybridized carbons (Fsp3) is 0.150. The van der Waals surface area contributed by atoms with Crippen molar-refractivity contribution in [3.63, 3.8) is 0 Å². The molecule has 0 spiro atoms. The predicted octanol–water partition coefficient (Wildman–Crippen LogP) is 2.95. The molecule has 3 rings (SSSR count). The summed E-state index contributed by atoms with van der Waals surface area (Å²) in [4.78, 5) is 25.0. The molecule has 0 aliphatic heterocycles. The topological polar surface area (TPSA) is 113 Å². The minimum Gasteiger partial charge on any atom is -0.495 e. The fourth-order valence-electron chi connectivity index (χ4n) is 2.53. The number of pyridine rings is 3. The van der Waals surface area contributed by atoms with Gasteiger partial charge in [0.25, 0.3) is 0 Å². The van der Waals surface area contributed by atoms with Gasteiger partial charge in [-0.15, -0.1) is 0 Å². The van der Waals surface area contributed by atoms with Gasteiger partial charge in [0.05, 0.1) is 37.7 Å². The highest BCUT2D eigenvalue weighted by Gasteiger charge is 2.09. The Morgan fingerprint density at radius 2 is 2.03 bits per heavy atom. The Hall–Kier alpha value is -3.70. The van der Waals surface area contributed by atoms with Gasteiger partial charge in [-0.1, -0.05) is 17.7 Å². The monoisotopic (exact) mass is 408 g/mol. The van der Waals surface area contributed by atoms with E-state index in [0.717, 1.165) is 22.5 Å². The molecule has 146 valence electrons. The molecule has 8 nitrogen and oxygen atoms in total. The minimum atomic E-state index is -0.229. The largest absolute Gasteiger partial charge is 0.495 e. The number of ether oxygens (including phenoxy) is 1. The van der Waals surface area contributed by atoms with E-state index in [1.54, 1.807) is 18.5 Å². The second kappa shape index (κ2) is 9.48. The summed E-state index contributed by atoms with van der Waals surface area (Å²) in [5.74, 6) is 0.566. The lowest BCUT2D eigenvalue weighted by molar-refractivity contribution is -0.115. The lowest BCUT2D eigenvalue weighted by Gasteiger charge is -2.08. The van der Waals surface area contributed by atoms with Crippen LogP contribution >= 0.6 is 11.6 Å². The molecule has 3 aromatic heterocycles. The van der Waals surface area contributed by atoms with Gasteiger partial charge in [0.15, 0.2) is 6.19 Å². The first-order valence-electron chi connectivity index (χ1n) is 8.60. The molecule has 0 bridgehead atoms. The van der Waals surface area contributed by atoms with Crippen LogP contribution in [0.1, 0.15) is 11.3 Å². The van der Waals surface area contributed by atoms with Crippen molar-refractivity contribution in [2.24, 2.45) is 0 Å². The standard InChI is InChI=1S/C20H17ClN6O2/c1-29-18-7-19(26-11-16(18)21)27-20(28)6-13-2-5-17(25-8-13)14-3-4-15(24-9-14)10-23-12-22/h2-5,7-9,11,23H,6,10H2,1H3,(H,26,27,28). The van der Waals surface area contributed by atoms with Gasteiger partial charge in [0, 0.05) is 24.0 Å². The van der Waals surface area contributed by atoms with Crippen molar-refractivity contribution in [1.82, 2.24) is 20.3 Å². The molecule has 1 amide bonds. The first-order chi connectivity index (χ1) is 14.1. The zero-order valence-electron chi connectivity index (χ0n) is 15.5. The summed E-state index contributed by atoms with van der Waals surface area (Å²) in [5.41, 5.74) is 3.11. The van der Waals surface area contributed by atoms with Crippen LogP contribution in [-0.4, -0.2) is 28.0 Å². The number of methoxy groups -OCH3 is 1. The number of nitrogens with one attached hydrogen (secondary N) is 2. The molecule has 3 heterocycles. The highest BCUT2D eigenvalue weighted by atomic mass is 35.5. The van der Waals surface area contributed by atoms with E-state index in [9.17, 15) is 4.79 Å². The van der Waals surface area contributed by atoms with Gasteiger partial charge in [-0.2, -0.15) is 5.26 Å². The van der Waals surface area contributed by atoms with E-state index in [0.29, 0.717) is 23.1 Å². The Morgan fingerprint density at radius 3 is 2.69 bits per heavy atom. The van der Waals surface area contributed by atoms with Crippen molar-refractivity contribution in [3.05, 3.63) is 65.2 Å². The maximum absolute atomic E-state index is 12.3. The normalized spacial score (nSPS) is 10.1. The van der Waals surface area contributed by atoms with E-state index >= 15 is 0 Å². The van der Waals surface area contributed by atoms with Gasteiger partial charge in [0.2, 0.25) is 5.91 Å². The zero-order valence-corrected chi connectivity index (χ0v) is 16.3. The number of hydrogen-bond donors (Lipinski definition) is 2. The molecular weight excluding hydrogens is 392 g/mol. The van der Waals surface area contributed by atoms with Gasteiger partial charge in [-0.05, 0) is 23.8 Å².